The average Bonchev–Trinajstić information content (AvgIpc) is 2.86. The highest BCUT2D eigenvalue weighted by molar-refractivity contribution is 5.75. The summed E-state index contributed by atoms with van der Waals surface area (Å²) in [6, 6.07) is 0. The van der Waals surface area contributed by atoms with Gasteiger partial charge < -0.3 is 15.3 Å². The third kappa shape index (κ3) is 1.85. The van der Waals surface area contributed by atoms with Gasteiger partial charge in [-0.2, -0.15) is 0 Å². The Hall–Kier alpha value is -0.610. The molecule has 0 unspecified atom stereocenters. The minimum atomic E-state index is -0.637. The molecule has 0 aromatic heterocycles. The van der Waals surface area contributed by atoms with Crippen LogP contribution in [0.4, 0.5) is 0 Å². The standard InChI is InChI=1S/C20H32O4/c1-17-5-3-6-18(2,16(23)24)13(17)4-7-19-8-9-20(11-19,12-21)15(22)10-14(17)19/h13-15,21-22H,3-12H2,1-2H3,(H,23,24)/t13-,14-,15-,17+,18+,19-,20+/m0/s1. The number of hydrogen-bond donors (Lipinski definition) is 3. The zero-order valence-corrected chi connectivity index (χ0v) is 15.1. The molecule has 4 fully saturated rings. The van der Waals surface area contributed by atoms with Crippen LogP contribution in [0.25, 0.3) is 0 Å². The van der Waals surface area contributed by atoms with Gasteiger partial charge in [-0.3, -0.25) is 4.79 Å². The molecule has 0 aromatic rings. The van der Waals surface area contributed by atoms with E-state index in [2.05, 4.69) is 6.92 Å². The van der Waals surface area contributed by atoms with E-state index in [-0.39, 0.29) is 28.8 Å². The van der Waals surface area contributed by atoms with Crippen molar-refractivity contribution < 1.29 is 20.1 Å². The quantitative estimate of drug-likeness (QED) is 0.723. The van der Waals surface area contributed by atoms with Gasteiger partial charge >= 0.3 is 5.97 Å². The van der Waals surface area contributed by atoms with Gasteiger partial charge in [0, 0.05) is 5.41 Å². The fraction of sp³-hybridized carbons (Fsp3) is 0.950. The van der Waals surface area contributed by atoms with Crippen LogP contribution in [-0.2, 0) is 4.79 Å². The van der Waals surface area contributed by atoms with Crippen molar-refractivity contribution in [2.45, 2.75) is 77.7 Å². The maximum Gasteiger partial charge on any atom is 0.309 e. The molecule has 4 saturated carbocycles. The van der Waals surface area contributed by atoms with Gasteiger partial charge in [-0.15, -0.1) is 0 Å². The van der Waals surface area contributed by atoms with Crippen LogP contribution in [0.1, 0.15) is 71.6 Å². The van der Waals surface area contributed by atoms with E-state index in [9.17, 15) is 20.1 Å². The molecule has 3 N–H and O–H groups in total. The first kappa shape index (κ1) is 16.8. The van der Waals surface area contributed by atoms with Gasteiger partial charge in [0.2, 0.25) is 0 Å². The fourth-order valence-corrected chi connectivity index (χ4v) is 7.94. The van der Waals surface area contributed by atoms with E-state index in [1.807, 2.05) is 6.92 Å². The summed E-state index contributed by atoms with van der Waals surface area (Å²) in [5.74, 6) is -0.0249. The number of aliphatic hydroxyl groups excluding tert-OH is 2. The Morgan fingerprint density at radius 1 is 1.08 bits per heavy atom. The Balaban J connectivity index is 1.74. The highest BCUT2D eigenvalue weighted by Crippen LogP contribution is 2.73. The van der Waals surface area contributed by atoms with Gasteiger partial charge in [0.05, 0.1) is 18.1 Å². The summed E-state index contributed by atoms with van der Waals surface area (Å²) >= 11 is 0. The molecule has 0 saturated heterocycles. The second kappa shape index (κ2) is 4.97. The third-order valence-corrected chi connectivity index (χ3v) is 9.24. The second-order valence-electron chi connectivity index (χ2n) is 10.0. The maximum absolute atomic E-state index is 12.1. The molecule has 0 heterocycles. The van der Waals surface area contributed by atoms with E-state index in [4.69, 9.17) is 0 Å². The molecule has 4 nitrogen and oxygen atoms in total. The highest BCUT2D eigenvalue weighted by atomic mass is 16.4. The van der Waals surface area contributed by atoms with Crippen molar-refractivity contribution in [2.24, 2.45) is 33.5 Å². The Morgan fingerprint density at radius 3 is 2.50 bits per heavy atom. The Labute approximate surface area is 144 Å². The van der Waals surface area contributed by atoms with Crippen LogP contribution in [0.15, 0.2) is 0 Å². The molecule has 0 radical (unpaired) electrons. The lowest BCUT2D eigenvalue weighted by Gasteiger charge is -2.64. The Bertz CT molecular complexity index is 562. The third-order valence-electron chi connectivity index (χ3n) is 9.24. The molecular formula is C20H32O4. The molecule has 4 rings (SSSR count). The first-order valence-corrected chi connectivity index (χ1v) is 9.75. The molecule has 7 atom stereocenters. The molecule has 136 valence electrons. The highest BCUT2D eigenvalue weighted by Gasteiger charge is 2.68. The predicted octanol–water partition coefficient (Wildman–Crippen LogP) is 3.21. The zero-order valence-electron chi connectivity index (χ0n) is 15.1. The number of carboxylic acid groups (broad SMARTS) is 1. The van der Waals surface area contributed by atoms with Gasteiger partial charge in [0.1, 0.15) is 0 Å². The molecule has 4 heteroatoms. The fourth-order valence-electron chi connectivity index (χ4n) is 7.94. The van der Waals surface area contributed by atoms with E-state index in [1.165, 1.54) is 0 Å². The number of aliphatic hydroxyl groups is 2. The van der Waals surface area contributed by atoms with Crippen LogP contribution < -0.4 is 0 Å². The second-order valence-corrected chi connectivity index (χ2v) is 10.0. The normalized spacial score (nSPS) is 56.4. The van der Waals surface area contributed by atoms with Crippen molar-refractivity contribution in [3.05, 3.63) is 0 Å². The summed E-state index contributed by atoms with van der Waals surface area (Å²) in [7, 11) is 0. The van der Waals surface area contributed by atoms with Crippen molar-refractivity contribution >= 4 is 5.97 Å². The summed E-state index contributed by atoms with van der Waals surface area (Å²) in [5, 5.41) is 30.7. The Morgan fingerprint density at radius 2 is 1.83 bits per heavy atom. The summed E-state index contributed by atoms with van der Waals surface area (Å²) in [6.07, 6.45) is 8.21. The van der Waals surface area contributed by atoms with E-state index in [0.29, 0.717) is 5.92 Å². The number of hydrogen-bond acceptors (Lipinski definition) is 3. The number of aliphatic carboxylic acids is 1. The molecule has 2 bridgehead atoms. The molecule has 24 heavy (non-hydrogen) atoms. The SMILES string of the molecule is C[C@@]12CCC[C@@](C)(C(=O)O)[C@H]1CC[C@]13CC[C@](CO)(C1)[C@@H](O)C[C@H]32. The monoisotopic (exact) mass is 336 g/mol. The Kier molecular flexibility index (Phi) is 3.49. The summed E-state index contributed by atoms with van der Waals surface area (Å²) in [5.41, 5.74) is -0.672. The first-order chi connectivity index (χ1) is 11.2. The maximum atomic E-state index is 12.1. The largest absolute Gasteiger partial charge is 0.481 e. The van der Waals surface area contributed by atoms with E-state index >= 15 is 0 Å². The van der Waals surface area contributed by atoms with Crippen molar-refractivity contribution in [3.63, 3.8) is 0 Å². The predicted molar refractivity (Wildman–Crippen MR) is 90.3 cm³/mol. The van der Waals surface area contributed by atoms with Crippen molar-refractivity contribution in [2.75, 3.05) is 6.61 Å². The van der Waals surface area contributed by atoms with Crippen molar-refractivity contribution in [1.82, 2.24) is 0 Å². The molecule has 0 aliphatic heterocycles. The van der Waals surface area contributed by atoms with Crippen LogP contribution in [0.3, 0.4) is 0 Å². The number of fused-ring (bicyclic) bond motifs is 3. The van der Waals surface area contributed by atoms with Gasteiger partial charge in [0.25, 0.3) is 0 Å². The molecule has 4 aliphatic carbocycles. The van der Waals surface area contributed by atoms with Gasteiger partial charge in [0.15, 0.2) is 0 Å². The van der Waals surface area contributed by atoms with Crippen molar-refractivity contribution in [1.29, 1.82) is 0 Å². The van der Waals surface area contributed by atoms with E-state index < -0.39 is 17.5 Å². The van der Waals surface area contributed by atoms with E-state index in [1.54, 1.807) is 0 Å². The van der Waals surface area contributed by atoms with Crippen LogP contribution in [0, 0.1) is 33.5 Å². The van der Waals surface area contributed by atoms with E-state index in [0.717, 1.165) is 57.8 Å². The smallest absolute Gasteiger partial charge is 0.309 e. The number of rotatable bonds is 2. The summed E-state index contributed by atoms with van der Waals surface area (Å²) in [4.78, 5) is 12.1. The summed E-state index contributed by atoms with van der Waals surface area (Å²) in [6.45, 7) is 4.37. The molecule has 1 spiro atoms. The molecular weight excluding hydrogens is 304 g/mol. The van der Waals surface area contributed by atoms with Crippen molar-refractivity contribution in [3.8, 4) is 0 Å². The first-order valence-electron chi connectivity index (χ1n) is 9.75. The topological polar surface area (TPSA) is 77.8 Å². The lowest BCUT2D eigenvalue weighted by atomic mass is 9.40. The minimum absolute atomic E-state index is 0.0105. The van der Waals surface area contributed by atoms with Crippen LogP contribution in [0.2, 0.25) is 0 Å². The number of carboxylic acids is 1. The van der Waals surface area contributed by atoms with Crippen LogP contribution in [-0.4, -0.2) is 34.0 Å². The van der Waals surface area contributed by atoms with Crippen LogP contribution >= 0.6 is 0 Å². The van der Waals surface area contributed by atoms with Crippen LogP contribution in [0.5, 0.6) is 0 Å². The lowest BCUT2D eigenvalue weighted by molar-refractivity contribution is -0.195. The van der Waals surface area contributed by atoms with Gasteiger partial charge in [-0.05, 0) is 81.0 Å². The van der Waals surface area contributed by atoms with Gasteiger partial charge in [-0.1, -0.05) is 13.3 Å². The number of carbonyl (C=O) groups is 1. The lowest BCUT2D eigenvalue weighted by Crippen LogP contribution is -2.60. The molecule has 0 amide bonds. The van der Waals surface area contributed by atoms with Gasteiger partial charge in [-0.25, -0.2) is 0 Å². The summed E-state index contributed by atoms with van der Waals surface area (Å²) < 4.78 is 0. The molecule has 0 aromatic carbocycles. The zero-order chi connectivity index (χ0) is 17.4. The molecule has 4 aliphatic rings. The minimum Gasteiger partial charge on any atom is -0.481 e. The average molecular weight is 336 g/mol.